The molecule has 1 atom stereocenters. The molecule has 1 unspecified atom stereocenters. The standard InChI is InChI=1S/C16H18F2N2/c1-2-11-3-6-13(7-4-11)16(20-19)10-12-5-8-14(17)15(18)9-12/h3-9,16,20H,2,10,19H2,1H3. The molecule has 0 radical (unpaired) electrons. The summed E-state index contributed by atoms with van der Waals surface area (Å²) in [7, 11) is 0. The molecule has 0 aliphatic heterocycles. The molecule has 0 saturated heterocycles. The number of nitrogens with one attached hydrogen (secondary N) is 1. The number of aryl methyl sites for hydroxylation is 1. The fourth-order valence-corrected chi connectivity index (χ4v) is 2.16. The van der Waals surface area contributed by atoms with E-state index in [1.54, 1.807) is 6.07 Å². The summed E-state index contributed by atoms with van der Waals surface area (Å²) in [6.07, 6.45) is 1.48. The van der Waals surface area contributed by atoms with E-state index in [-0.39, 0.29) is 6.04 Å². The minimum absolute atomic E-state index is 0.134. The summed E-state index contributed by atoms with van der Waals surface area (Å²) >= 11 is 0. The molecule has 2 nitrogen and oxygen atoms in total. The Morgan fingerprint density at radius 1 is 1.00 bits per heavy atom. The molecule has 0 aromatic heterocycles. The maximum atomic E-state index is 13.2. The molecule has 0 fully saturated rings. The Bertz CT molecular complexity index is 567. The minimum atomic E-state index is -0.835. The van der Waals surface area contributed by atoms with Crippen molar-refractivity contribution in [3.63, 3.8) is 0 Å². The SMILES string of the molecule is CCc1ccc(C(Cc2ccc(F)c(F)c2)NN)cc1. The van der Waals surface area contributed by atoms with Gasteiger partial charge < -0.3 is 0 Å². The van der Waals surface area contributed by atoms with E-state index in [9.17, 15) is 8.78 Å². The molecule has 0 spiro atoms. The highest BCUT2D eigenvalue weighted by Gasteiger charge is 2.12. The van der Waals surface area contributed by atoms with Gasteiger partial charge in [-0.25, -0.2) is 8.78 Å². The second-order valence-electron chi connectivity index (χ2n) is 4.77. The first kappa shape index (κ1) is 14.6. The molecule has 0 aliphatic carbocycles. The highest BCUT2D eigenvalue weighted by atomic mass is 19.2. The lowest BCUT2D eigenvalue weighted by molar-refractivity contribution is 0.502. The van der Waals surface area contributed by atoms with Crippen molar-refractivity contribution in [1.29, 1.82) is 0 Å². The summed E-state index contributed by atoms with van der Waals surface area (Å²) in [6, 6.07) is 11.9. The van der Waals surface area contributed by atoms with Gasteiger partial charge in [-0.2, -0.15) is 0 Å². The Morgan fingerprint density at radius 2 is 1.65 bits per heavy atom. The van der Waals surface area contributed by atoms with E-state index in [0.29, 0.717) is 12.0 Å². The molecule has 0 bridgehead atoms. The van der Waals surface area contributed by atoms with Gasteiger partial charge in [0.25, 0.3) is 0 Å². The maximum Gasteiger partial charge on any atom is 0.159 e. The van der Waals surface area contributed by atoms with Crippen LogP contribution in [0.3, 0.4) is 0 Å². The van der Waals surface area contributed by atoms with E-state index in [1.807, 2.05) is 24.3 Å². The second kappa shape index (κ2) is 6.59. The molecular formula is C16H18F2N2. The number of nitrogens with two attached hydrogens (primary N) is 1. The largest absolute Gasteiger partial charge is 0.271 e. The van der Waals surface area contributed by atoms with Crippen LogP contribution in [0.4, 0.5) is 8.78 Å². The van der Waals surface area contributed by atoms with Crippen LogP contribution >= 0.6 is 0 Å². The monoisotopic (exact) mass is 276 g/mol. The smallest absolute Gasteiger partial charge is 0.159 e. The van der Waals surface area contributed by atoms with Gasteiger partial charge in [0.05, 0.1) is 0 Å². The van der Waals surface area contributed by atoms with E-state index >= 15 is 0 Å². The van der Waals surface area contributed by atoms with Gasteiger partial charge in [-0.1, -0.05) is 37.3 Å². The summed E-state index contributed by atoms with van der Waals surface area (Å²) in [5.41, 5.74) is 5.69. The van der Waals surface area contributed by atoms with Crippen molar-refractivity contribution in [3.8, 4) is 0 Å². The van der Waals surface area contributed by atoms with Crippen LogP contribution in [-0.4, -0.2) is 0 Å². The van der Waals surface area contributed by atoms with Crippen molar-refractivity contribution < 1.29 is 8.78 Å². The maximum absolute atomic E-state index is 13.2. The third-order valence-electron chi connectivity index (χ3n) is 3.42. The fraction of sp³-hybridized carbons (Fsp3) is 0.250. The van der Waals surface area contributed by atoms with Crippen molar-refractivity contribution in [1.82, 2.24) is 5.43 Å². The van der Waals surface area contributed by atoms with E-state index in [0.717, 1.165) is 18.1 Å². The zero-order valence-corrected chi connectivity index (χ0v) is 11.4. The number of halogens is 2. The molecule has 0 heterocycles. The van der Waals surface area contributed by atoms with Crippen molar-refractivity contribution in [3.05, 3.63) is 70.8 Å². The van der Waals surface area contributed by atoms with Gasteiger partial charge in [-0.3, -0.25) is 11.3 Å². The lowest BCUT2D eigenvalue weighted by atomic mass is 9.98. The van der Waals surface area contributed by atoms with Crippen LogP contribution < -0.4 is 11.3 Å². The summed E-state index contributed by atoms with van der Waals surface area (Å²) in [6.45, 7) is 2.09. The van der Waals surface area contributed by atoms with E-state index in [4.69, 9.17) is 5.84 Å². The number of benzene rings is 2. The van der Waals surface area contributed by atoms with Crippen molar-refractivity contribution in [2.24, 2.45) is 5.84 Å². The Morgan fingerprint density at radius 3 is 2.20 bits per heavy atom. The Hall–Kier alpha value is -1.78. The van der Waals surface area contributed by atoms with Gasteiger partial charge in [-0.05, 0) is 41.7 Å². The average molecular weight is 276 g/mol. The lowest BCUT2D eigenvalue weighted by Gasteiger charge is -2.17. The topological polar surface area (TPSA) is 38.0 Å². The van der Waals surface area contributed by atoms with Crippen LogP contribution in [0.25, 0.3) is 0 Å². The van der Waals surface area contributed by atoms with Crippen LogP contribution in [0, 0.1) is 11.6 Å². The van der Waals surface area contributed by atoms with Gasteiger partial charge >= 0.3 is 0 Å². The van der Waals surface area contributed by atoms with Crippen LogP contribution in [0.2, 0.25) is 0 Å². The number of rotatable bonds is 5. The fourth-order valence-electron chi connectivity index (χ4n) is 2.16. The van der Waals surface area contributed by atoms with E-state index < -0.39 is 11.6 Å². The first-order chi connectivity index (χ1) is 9.63. The predicted molar refractivity (Wildman–Crippen MR) is 75.9 cm³/mol. The zero-order valence-electron chi connectivity index (χ0n) is 11.4. The molecule has 2 aromatic carbocycles. The molecule has 2 rings (SSSR count). The molecule has 3 N–H and O–H groups in total. The molecule has 4 heteroatoms. The zero-order chi connectivity index (χ0) is 14.5. The van der Waals surface area contributed by atoms with Crippen molar-refractivity contribution in [2.45, 2.75) is 25.8 Å². The number of hydrogen-bond donors (Lipinski definition) is 2. The van der Waals surface area contributed by atoms with Gasteiger partial charge in [0.1, 0.15) is 0 Å². The molecule has 20 heavy (non-hydrogen) atoms. The summed E-state index contributed by atoms with van der Waals surface area (Å²) < 4.78 is 26.1. The van der Waals surface area contributed by atoms with Crippen LogP contribution in [0.15, 0.2) is 42.5 Å². The van der Waals surface area contributed by atoms with Gasteiger partial charge in [0, 0.05) is 6.04 Å². The minimum Gasteiger partial charge on any atom is -0.271 e. The van der Waals surface area contributed by atoms with Crippen LogP contribution in [-0.2, 0) is 12.8 Å². The highest BCUT2D eigenvalue weighted by molar-refractivity contribution is 5.27. The Balaban J connectivity index is 2.16. The molecule has 0 saturated carbocycles. The Kier molecular flexibility index (Phi) is 4.82. The molecular weight excluding hydrogens is 258 g/mol. The molecule has 106 valence electrons. The van der Waals surface area contributed by atoms with Crippen LogP contribution in [0.5, 0.6) is 0 Å². The normalized spacial score (nSPS) is 12.4. The molecule has 0 amide bonds. The van der Waals surface area contributed by atoms with Crippen LogP contribution in [0.1, 0.15) is 29.7 Å². The third kappa shape index (κ3) is 3.40. The Labute approximate surface area is 117 Å². The summed E-state index contributed by atoms with van der Waals surface area (Å²) in [5, 5.41) is 0. The van der Waals surface area contributed by atoms with Crippen molar-refractivity contribution >= 4 is 0 Å². The van der Waals surface area contributed by atoms with Gasteiger partial charge in [0.15, 0.2) is 11.6 Å². The quantitative estimate of drug-likeness (QED) is 0.649. The second-order valence-corrected chi connectivity index (χ2v) is 4.77. The first-order valence-corrected chi connectivity index (χ1v) is 6.63. The molecule has 2 aromatic rings. The lowest BCUT2D eigenvalue weighted by Crippen LogP contribution is -2.29. The third-order valence-corrected chi connectivity index (χ3v) is 3.42. The summed E-state index contributed by atoms with van der Waals surface area (Å²) in [4.78, 5) is 0. The number of hydrogen-bond acceptors (Lipinski definition) is 2. The van der Waals surface area contributed by atoms with E-state index in [2.05, 4.69) is 12.3 Å². The van der Waals surface area contributed by atoms with Gasteiger partial charge in [-0.15, -0.1) is 0 Å². The van der Waals surface area contributed by atoms with Crippen molar-refractivity contribution in [2.75, 3.05) is 0 Å². The average Bonchev–Trinajstić information content (AvgIpc) is 2.48. The van der Waals surface area contributed by atoms with E-state index in [1.165, 1.54) is 11.6 Å². The highest BCUT2D eigenvalue weighted by Crippen LogP contribution is 2.20. The molecule has 0 aliphatic rings. The summed E-state index contributed by atoms with van der Waals surface area (Å²) in [5.74, 6) is 3.90. The first-order valence-electron chi connectivity index (χ1n) is 6.63. The predicted octanol–water partition coefficient (Wildman–Crippen LogP) is 3.27. The number of hydrazine groups is 1. The van der Waals surface area contributed by atoms with Gasteiger partial charge in [0.2, 0.25) is 0 Å².